The Morgan fingerprint density at radius 3 is 1.77 bits per heavy atom. The molecule has 4 fully saturated rings. The lowest BCUT2D eigenvalue weighted by Gasteiger charge is -2.37. The molecule has 32 nitrogen and oxygen atoms in total. The normalized spacial score (nSPS) is 25.0. The summed E-state index contributed by atoms with van der Waals surface area (Å²) in [6.07, 6.45) is -1.76. The average Bonchev–Trinajstić information content (AvgIpc) is 1.59. The molecule has 0 spiro atoms. The number of phenols is 1. The van der Waals surface area contributed by atoms with Crippen LogP contribution in [-0.4, -0.2) is 253 Å². The first-order valence-corrected chi connectivity index (χ1v) is 37.1. The van der Waals surface area contributed by atoms with Gasteiger partial charge in [-0.25, -0.2) is 4.79 Å². The molecular weight excluding hydrogens is 1360 g/mol. The first-order chi connectivity index (χ1) is 48.9. The van der Waals surface area contributed by atoms with Crippen molar-refractivity contribution in [2.24, 2.45) is 11.5 Å². The van der Waals surface area contributed by atoms with Crippen LogP contribution in [0.25, 0.3) is 10.9 Å². The van der Waals surface area contributed by atoms with Gasteiger partial charge in [0.05, 0.1) is 23.3 Å². The number of aliphatic hydroxyl groups is 2. The quantitative estimate of drug-likeness (QED) is 0.0246. The number of carboxylic acid groups (broad SMARTS) is 1. The molecular formula is C68H102N18O14S2. The van der Waals surface area contributed by atoms with E-state index in [4.69, 9.17) is 11.5 Å². The van der Waals surface area contributed by atoms with Crippen molar-refractivity contribution in [2.45, 2.75) is 143 Å². The van der Waals surface area contributed by atoms with Crippen LogP contribution < -0.4 is 91.2 Å². The number of para-hydroxylation sites is 1. The topological polar surface area (TPSA) is 500 Å². The summed E-state index contributed by atoms with van der Waals surface area (Å²) in [5.74, 6) is -10.2. The van der Waals surface area contributed by atoms with Crippen molar-refractivity contribution in [2.75, 3.05) is 96.6 Å². The Bertz CT molecular complexity index is 3370. The second-order valence-corrected chi connectivity index (χ2v) is 28.9. The minimum atomic E-state index is -1.88. The first-order valence-electron chi connectivity index (χ1n) is 34.6. The van der Waals surface area contributed by atoms with Gasteiger partial charge >= 0.3 is 5.97 Å². The third-order valence-corrected chi connectivity index (χ3v) is 20.1. The molecule has 4 aliphatic heterocycles. The Balaban J connectivity index is 1.19. The standard InChI is InChI=1S/C68H102N18O14S2/c1-41(87)57-65(98)83-54(64(97)85-58(42(2)88)66(99)100)34-102-101-33-53(63(96)80-51(30-44-18-20-46(89)21-19-44)61(94)81-52(31-45-32-77-48-14-7-6-13-47(45)48)62(95)79-49(59(92)84-57)15-8-9-22-69)82-60(93)50(29-43-11-4-3-5-12-43)78-55(90)16-10-17-56(91)86-68-38-74-26-23-71-35-67(70,36-72-24-27-75-39-68)37-73-25-28-76-40-68/h3-7,11-14,18-21,32,41-42,49-54,57-58,71-77,87-89H,8-10,15-17,22-31,33-40,69-70H2,1-2H3,(H,78,90)(H,79,95)(H,80,96)(H,81,94)(H,82,93)(H,83,98)(H,84,92)(H,85,97)(H,86,91)(H,99,100)/t41?,42?,49?,50?,51?,52?,53-,54?,57?,58?,67?,68?/m0/s1. The number of hydrogen-bond acceptors (Lipinski definition) is 23. The monoisotopic (exact) mass is 1460 g/mol. The van der Waals surface area contributed by atoms with Crippen molar-refractivity contribution >= 4 is 91.6 Å². The number of nitrogens with two attached hydrogens (primary N) is 2. The number of carbonyl (C=O) groups is 10. The second kappa shape index (κ2) is 41.3. The van der Waals surface area contributed by atoms with Crippen molar-refractivity contribution < 1.29 is 68.4 Å². The van der Waals surface area contributed by atoms with Gasteiger partial charge in [0.15, 0.2) is 6.04 Å². The summed E-state index contributed by atoms with van der Waals surface area (Å²) in [4.78, 5) is 147. The molecule has 2 bridgehead atoms. The number of phenolic OH excluding ortho intramolecular Hbond substituents is 1. The van der Waals surface area contributed by atoms with E-state index in [1.807, 2.05) is 6.07 Å². The molecule has 3 aromatic carbocycles. The van der Waals surface area contributed by atoms with Crippen LogP contribution in [0.5, 0.6) is 5.75 Å². The average molecular weight is 1460 g/mol. The third kappa shape index (κ3) is 26.4. The molecule has 9 amide bonds. The number of hydrogen-bond donors (Lipinski definition) is 22. The van der Waals surface area contributed by atoms with Gasteiger partial charge in [-0.3, -0.25) is 43.2 Å². The summed E-state index contributed by atoms with van der Waals surface area (Å²) < 4.78 is 0. The number of aromatic nitrogens is 1. The molecule has 4 aromatic rings. The summed E-state index contributed by atoms with van der Waals surface area (Å²) in [6, 6.07) is 8.87. The molecule has 9 unspecified atom stereocenters. The van der Waals surface area contributed by atoms with E-state index < -0.39 is 131 Å². The minimum absolute atomic E-state index is 0.0568. The highest BCUT2D eigenvalue weighted by molar-refractivity contribution is 8.76. The number of aliphatic carboxylic acids is 1. The van der Waals surface area contributed by atoms with Crippen LogP contribution in [0.3, 0.4) is 0 Å². The Hall–Kier alpha value is -8.00. The molecule has 0 saturated carbocycles. The van der Waals surface area contributed by atoms with Gasteiger partial charge in [0.1, 0.15) is 48.0 Å². The number of aliphatic hydroxyl groups excluding tert-OH is 2. The van der Waals surface area contributed by atoms with Crippen molar-refractivity contribution in [3.05, 3.63) is 102 Å². The highest BCUT2D eigenvalue weighted by Crippen LogP contribution is 2.25. The minimum Gasteiger partial charge on any atom is -0.508 e. The number of H-pyrrole nitrogens is 1. The molecule has 4 aliphatic rings. The van der Waals surface area contributed by atoms with Gasteiger partial charge in [-0.1, -0.05) is 82.3 Å². The van der Waals surface area contributed by atoms with E-state index >= 15 is 14.4 Å². The molecule has 560 valence electrons. The highest BCUT2D eigenvalue weighted by Gasteiger charge is 2.39. The van der Waals surface area contributed by atoms with E-state index in [0.717, 1.165) is 28.5 Å². The summed E-state index contributed by atoms with van der Waals surface area (Å²) in [5.41, 5.74) is 13.7. The third-order valence-electron chi connectivity index (χ3n) is 17.7. The zero-order valence-electron chi connectivity index (χ0n) is 57.7. The van der Waals surface area contributed by atoms with Gasteiger partial charge < -0.3 is 117 Å². The van der Waals surface area contributed by atoms with E-state index in [9.17, 15) is 54.0 Å². The maximum Gasteiger partial charge on any atom is 0.328 e. The number of aromatic amines is 1. The summed E-state index contributed by atoms with van der Waals surface area (Å²) in [7, 11) is 1.76. The number of rotatable bonds is 23. The number of carboxylic acids is 1. The fourth-order valence-corrected chi connectivity index (χ4v) is 14.3. The maximum atomic E-state index is 15.3. The number of unbranched alkanes of at least 4 members (excludes halogenated alkanes) is 1. The molecule has 24 N–H and O–H groups in total. The molecule has 5 heterocycles. The van der Waals surface area contributed by atoms with Crippen molar-refractivity contribution in [1.82, 2.24) is 84.7 Å². The fourth-order valence-electron chi connectivity index (χ4n) is 11.9. The highest BCUT2D eigenvalue weighted by atomic mass is 33.1. The maximum absolute atomic E-state index is 15.3. The zero-order valence-corrected chi connectivity index (χ0v) is 59.3. The van der Waals surface area contributed by atoms with Crippen molar-refractivity contribution in [3.8, 4) is 5.75 Å². The number of amides is 9. The number of aromatic hydroxyl groups is 1. The molecule has 0 radical (unpaired) electrons. The van der Waals surface area contributed by atoms with E-state index in [-0.39, 0.29) is 75.3 Å². The van der Waals surface area contributed by atoms with Crippen LogP contribution in [0.4, 0.5) is 0 Å². The zero-order chi connectivity index (χ0) is 73.6. The lowest BCUT2D eigenvalue weighted by atomic mass is 9.97. The number of carbonyl (C=O) groups excluding carboxylic acids is 9. The van der Waals surface area contributed by atoms with Gasteiger partial charge in [-0.2, -0.15) is 0 Å². The van der Waals surface area contributed by atoms with Crippen LogP contribution in [0.2, 0.25) is 0 Å². The van der Waals surface area contributed by atoms with Crippen molar-refractivity contribution in [1.29, 1.82) is 0 Å². The Labute approximate surface area is 600 Å². The van der Waals surface area contributed by atoms with Crippen LogP contribution >= 0.6 is 21.6 Å². The molecule has 4 saturated heterocycles. The van der Waals surface area contributed by atoms with Gasteiger partial charge in [0, 0.05) is 139 Å². The fraction of sp³-hybridized carbons (Fsp3) is 0.559. The van der Waals surface area contributed by atoms with Gasteiger partial charge in [-0.05, 0) is 81.0 Å². The predicted octanol–water partition coefficient (Wildman–Crippen LogP) is -4.56. The summed E-state index contributed by atoms with van der Waals surface area (Å²) in [6.45, 7) is 9.23. The number of fused-ring (bicyclic) bond motifs is 16. The number of benzene rings is 3. The van der Waals surface area contributed by atoms with Crippen LogP contribution in [0.15, 0.2) is 85.1 Å². The van der Waals surface area contributed by atoms with Gasteiger partial charge in [-0.15, -0.1) is 0 Å². The lowest BCUT2D eigenvalue weighted by molar-refractivity contribution is -0.145. The SMILES string of the molecule is CC(O)C(NC(=O)C1CSSC[C@H](NC(=O)C(Cc2ccccc2)NC(=O)CCCC(=O)NC23CNCCNCC(N)(CNCCNC2)CNCCNC3)C(=O)NC(Cc2ccc(O)cc2)C(=O)NC(Cc2c[nH]c3ccccc23)C(=O)NC(CCCCN)C(=O)NC(C(C)O)C(=O)N1)C(=O)O. The molecule has 10 atom stereocenters. The molecule has 8 rings (SSSR count). The Morgan fingerprint density at radius 1 is 0.608 bits per heavy atom. The molecule has 0 aliphatic carbocycles. The Kier molecular flexibility index (Phi) is 32.9. The lowest BCUT2D eigenvalue weighted by Crippen LogP contribution is -2.67. The summed E-state index contributed by atoms with van der Waals surface area (Å²) >= 11 is 0. The van der Waals surface area contributed by atoms with E-state index in [0.29, 0.717) is 113 Å². The van der Waals surface area contributed by atoms with Crippen LogP contribution in [0, 0.1) is 0 Å². The van der Waals surface area contributed by atoms with Crippen molar-refractivity contribution in [3.63, 3.8) is 0 Å². The van der Waals surface area contributed by atoms with Gasteiger partial charge in [0.25, 0.3) is 0 Å². The predicted molar refractivity (Wildman–Crippen MR) is 387 cm³/mol. The van der Waals surface area contributed by atoms with E-state index in [1.54, 1.807) is 54.7 Å². The first kappa shape index (κ1) is 81.3. The molecule has 34 heteroatoms. The second-order valence-electron chi connectivity index (χ2n) is 26.3. The van der Waals surface area contributed by atoms with Crippen LogP contribution in [0.1, 0.15) is 69.1 Å². The van der Waals surface area contributed by atoms with E-state index in [2.05, 4.69) is 84.7 Å². The Morgan fingerprint density at radius 2 is 1.17 bits per heavy atom. The van der Waals surface area contributed by atoms with E-state index in [1.165, 1.54) is 31.2 Å². The van der Waals surface area contributed by atoms with Gasteiger partial charge in [0.2, 0.25) is 53.2 Å². The number of nitrogens with one attached hydrogen (secondary N) is 16. The van der Waals surface area contributed by atoms with Crippen LogP contribution in [-0.2, 0) is 67.2 Å². The largest absolute Gasteiger partial charge is 0.508 e. The smallest absolute Gasteiger partial charge is 0.328 e. The molecule has 1 aromatic heterocycles. The molecule has 102 heavy (non-hydrogen) atoms. The summed E-state index contributed by atoms with van der Waals surface area (Å²) in [5, 5.41) is 87.6.